The summed E-state index contributed by atoms with van der Waals surface area (Å²) in [7, 11) is 0. The van der Waals surface area contributed by atoms with Crippen LogP contribution in [-0.2, 0) is 0 Å². The van der Waals surface area contributed by atoms with E-state index in [4.69, 9.17) is 5.73 Å². The maximum Gasteiger partial charge on any atom is 0.0180 e. The third-order valence-electron chi connectivity index (χ3n) is 3.87. The summed E-state index contributed by atoms with van der Waals surface area (Å²) in [5, 5.41) is 0. The molecule has 15 heavy (non-hydrogen) atoms. The Balaban J connectivity index is 1.73. The van der Waals surface area contributed by atoms with E-state index in [0.29, 0.717) is 6.04 Å². The van der Waals surface area contributed by atoms with Gasteiger partial charge in [-0.3, -0.25) is 0 Å². The van der Waals surface area contributed by atoms with E-state index < -0.39 is 0 Å². The molecule has 2 fully saturated rings. The molecule has 0 spiro atoms. The first-order valence-electron chi connectivity index (χ1n) is 6.37. The summed E-state index contributed by atoms with van der Waals surface area (Å²) in [6.07, 6.45) is 2.57. The number of nitrogens with zero attached hydrogens (tertiary/aromatic N) is 2. The van der Waals surface area contributed by atoms with Crippen LogP contribution in [0.3, 0.4) is 0 Å². The van der Waals surface area contributed by atoms with Gasteiger partial charge < -0.3 is 15.5 Å². The highest BCUT2D eigenvalue weighted by molar-refractivity contribution is 4.84. The molecule has 0 saturated carbocycles. The molecule has 2 atom stereocenters. The van der Waals surface area contributed by atoms with Crippen LogP contribution in [0.25, 0.3) is 0 Å². The highest BCUT2D eigenvalue weighted by Gasteiger charge is 2.28. The molecule has 3 nitrogen and oxygen atoms in total. The van der Waals surface area contributed by atoms with Crippen LogP contribution < -0.4 is 5.73 Å². The summed E-state index contributed by atoms with van der Waals surface area (Å²) < 4.78 is 0. The minimum absolute atomic E-state index is 0.438. The third-order valence-corrected chi connectivity index (χ3v) is 3.87. The Hall–Kier alpha value is -0.120. The second-order valence-electron chi connectivity index (χ2n) is 5.55. The largest absolute Gasteiger partial charge is 0.326 e. The molecule has 2 saturated heterocycles. The fraction of sp³-hybridized carbons (Fsp3) is 1.00. The summed E-state index contributed by atoms with van der Waals surface area (Å²) in [5.74, 6) is 0.887. The molecule has 2 unspecified atom stereocenters. The van der Waals surface area contributed by atoms with E-state index in [1.165, 1.54) is 39.0 Å². The summed E-state index contributed by atoms with van der Waals surface area (Å²) in [6.45, 7) is 10.8. The fourth-order valence-corrected chi connectivity index (χ4v) is 2.87. The Morgan fingerprint density at radius 2 is 2.00 bits per heavy atom. The Morgan fingerprint density at radius 1 is 1.20 bits per heavy atom. The SMILES string of the molecule is CC(C)N1CCC(CN2CCC(N)C2)C1. The first kappa shape index (κ1) is 11.4. The molecule has 0 aliphatic carbocycles. The van der Waals surface area contributed by atoms with Crippen LogP contribution >= 0.6 is 0 Å². The van der Waals surface area contributed by atoms with Crippen molar-refractivity contribution in [3.05, 3.63) is 0 Å². The van der Waals surface area contributed by atoms with Crippen molar-refractivity contribution in [1.82, 2.24) is 9.80 Å². The molecule has 2 aliphatic rings. The van der Waals surface area contributed by atoms with Gasteiger partial charge in [0.15, 0.2) is 0 Å². The second kappa shape index (κ2) is 4.81. The van der Waals surface area contributed by atoms with Crippen LogP contribution in [-0.4, -0.2) is 54.6 Å². The van der Waals surface area contributed by atoms with Crippen molar-refractivity contribution in [3.63, 3.8) is 0 Å². The molecule has 2 N–H and O–H groups in total. The molecule has 0 aromatic rings. The lowest BCUT2D eigenvalue weighted by atomic mass is 10.1. The third kappa shape index (κ3) is 2.92. The lowest BCUT2D eigenvalue weighted by Gasteiger charge is -2.22. The van der Waals surface area contributed by atoms with Gasteiger partial charge in [-0.1, -0.05) is 0 Å². The van der Waals surface area contributed by atoms with E-state index in [0.717, 1.165) is 18.5 Å². The highest BCUT2D eigenvalue weighted by Crippen LogP contribution is 2.21. The highest BCUT2D eigenvalue weighted by atomic mass is 15.2. The van der Waals surface area contributed by atoms with Gasteiger partial charge in [-0.05, 0) is 45.7 Å². The first-order chi connectivity index (χ1) is 7.15. The lowest BCUT2D eigenvalue weighted by molar-refractivity contribution is 0.237. The number of rotatable bonds is 3. The number of hydrogen-bond donors (Lipinski definition) is 1. The van der Waals surface area contributed by atoms with Gasteiger partial charge in [0.2, 0.25) is 0 Å². The number of hydrogen-bond acceptors (Lipinski definition) is 3. The summed E-state index contributed by atoms with van der Waals surface area (Å²) >= 11 is 0. The predicted molar refractivity (Wildman–Crippen MR) is 63.8 cm³/mol. The van der Waals surface area contributed by atoms with Gasteiger partial charge in [0.05, 0.1) is 0 Å². The quantitative estimate of drug-likeness (QED) is 0.748. The molecule has 0 aromatic carbocycles. The standard InChI is InChI=1S/C12H25N3/c1-10(2)15-6-3-11(8-15)7-14-5-4-12(13)9-14/h10-12H,3-9,13H2,1-2H3. The number of likely N-dealkylation sites (tertiary alicyclic amines) is 2. The Kier molecular flexibility index (Phi) is 3.65. The minimum Gasteiger partial charge on any atom is -0.326 e. The van der Waals surface area contributed by atoms with E-state index in [-0.39, 0.29) is 0 Å². The molecule has 0 amide bonds. The van der Waals surface area contributed by atoms with Crippen LogP contribution in [0, 0.1) is 5.92 Å². The molecule has 2 aliphatic heterocycles. The zero-order chi connectivity index (χ0) is 10.8. The van der Waals surface area contributed by atoms with E-state index in [1.807, 2.05) is 0 Å². The van der Waals surface area contributed by atoms with Gasteiger partial charge in [0.1, 0.15) is 0 Å². The topological polar surface area (TPSA) is 32.5 Å². The molecule has 88 valence electrons. The summed E-state index contributed by atoms with van der Waals surface area (Å²) in [4.78, 5) is 5.15. The van der Waals surface area contributed by atoms with Crippen molar-refractivity contribution >= 4 is 0 Å². The smallest absolute Gasteiger partial charge is 0.0180 e. The van der Waals surface area contributed by atoms with Gasteiger partial charge in [-0.15, -0.1) is 0 Å². The van der Waals surface area contributed by atoms with E-state index >= 15 is 0 Å². The van der Waals surface area contributed by atoms with Crippen LogP contribution in [0.1, 0.15) is 26.7 Å². The van der Waals surface area contributed by atoms with Crippen LogP contribution in [0.5, 0.6) is 0 Å². The van der Waals surface area contributed by atoms with Crippen molar-refractivity contribution in [2.75, 3.05) is 32.7 Å². The zero-order valence-corrected chi connectivity index (χ0v) is 10.2. The maximum atomic E-state index is 5.92. The first-order valence-corrected chi connectivity index (χ1v) is 6.37. The number of nitrogens with two attached hydrogens (primary N) is 1. The van der Waals surface area contributed by atoms with E-state index in [9.17, 15) is 0 Å². The minimum atomic E-state index is 0.438. The lowest BCUT2D eigenvalue weighted by Crippen LogP contribution is -2.33. The molecule has 2 heterocycles. The molecule has 0 radical (unpaired) electrons. The second-order valence-corrected chi connectivity index (χ2v) is 5.55. The normalized spacial score (nSPS) is 34.4. The Labute approximate surface area is 93.6 Å². The Bertz CT molecular complexity index is 205. The molecule has 3 heteroatoms. The maximum absolute atomic E-state index is 5.92. The van der Waals surface area contributed by atoms with Crippen LogP contribution in [0.2, 0.25) is 0 Å². The monoisotopic (exact) mass is 211 g/mol. The van der Waals surface area contributed by atoms with E-state index in [1.54, 1.807) is 0 Å². The predicted octanol–water partition coefficient (Wildman–Crippen LogP) is 0.750. The van der Waals surface area contributed by atoms with Crippen molar-refractivity contribution < 1.29 is 0 Å². The molecule has 2 rings (SSSR count). The van der Waals surface area contributed by atoms with Crippen molar-refractivity contribution in [1.29, 1.82) is 0 Å². The summed E-state index contributed by atoms with van der Waals surface area (Å²) in [6, 6.07) is 1.16. The Morgan fingerprint density at radius 3 is 2.53 bits per heavy atom. The van der Waals surface area contributed by atoms with Crippen molar-refractivity contribution in [3.8, 4) is 0 Å². The molecule has 0 aromatic heterocycles. The average molecular weight is 211 g/mol. The van der Waals surface area contributed by atoms with Crippen LogP contribution in [0.4, 0.5) is 0 Å². The fourth-order valence-electron chi connectivity index (χ4n) is 2.87. The zero-order valence-electron chi connectivity index (χ0n) is 10.2. The van der Waals surface area contributed by atoms with Gasteiger partial charge >= 0.3 is 0 Å². The molecule has 0 bridgehead atoms. The van der Waals surface area contributed by atoms with Crippen molar-refractivity contribution in [2.24, 2.45) is 11.7 Å². The summed E-state index contributed by atoms with van der Waals surface area (Å²) in [5.41, 5.74) is 5.92. The van der Waals surface area contributed by atoms with Gasteiger partial charge in [-0.25, -0.2) is 0 Å². The van der Waals surface area contributed by atoms with Crippen LogP contribution in [0.15, 0.2) is 0 Å². The van der Waals surface area contributed by atoms with E-state index in [2.05, 4.69) is 23.6 Å². The molecular weight excluding hydrogens is 186 g/mol. The van der Waals surface area contributed by atoms with Gasteiger partial charge in [-0.2, -0.15) is 0 Å². The van der Waals surface area contributed by atoms with Gasteiger partial charge in [0.25, 0.3) is 0 Å². The molecular formula is C12H25N3. The van der Waals surface area contributed by atoms with Gasteiger partial charge in [0, 0.05) is 31.7 Å². The average Bonchev–Trinajstić information content (AvgIpc) is 2.76. The van der Waals surface area contributed by atoms with Crippen molar-refractivity contribution in [2.45, 2.75) is 38.8 Å².